The fourth-order valence-electron chi connectivity index (χ4n) is 9.18. The maximum Gasteiger partial charge on any atom is 0.311 e. The van der Waals surface area contributed by atoms with Crippen molar-refractivity contribution in [2.24, 2.45) is 28.8 Å². The first-order valence-electron chi connectivity index (χ1n) is 20.8. The molecule has 3 fully saturated rings. The van der Waals surface area contributed by atoms with Crippen LogP contribution < -0.4 is 4.84 Å². The van der Waals surface area contributed by atoms with Crippen molar-refractivity contribution in [1.82, 2.24) is 4.90 Å². The number of nitrogens with zero attached hydrogens (tertiary/aromatic N) is 2. The topological polar surface area (TPSA) is 198 Å². The first-order valence-corrected chi connectivity index (χ1v) is 20.8. The quantitative estimate of drug-likeness (QED) is 0.179. The average Bonchev–Trinajstić information content (AvgIpc) is 3.16. The molecule has 4 rings (SSSR count). The molecular weight excluding hydrogens is 752 g/mol. The molecule has 15 nitrogen and oxygen atoms in total. The first-order chi connectivity index (χ1) is 27.0. The minimum Gasteiger partial charge on any atom is -0.459 e. The van der Waals surface area contributed by atoms with E-state index in [4.69, 9.17) is 33.3 Å². The first kappa shape index (κ1) is 48.4. The summed E-state index contributed by atoms with van der Waals surface area (Å²) >= 11 is 0. The molecule has 3 saturated heterocycles. The van der Waals surface area contributed by atoms with Crippen molar-refractivity contribution in [3.63, 3.8) is 0 Å². The number of hydrogen-bond donors (Lipinski definition) is 5. The van der Waals surface area contributed by atoms with Gasteiger partial charge in [-0.3, -0.25) is 4.79 Å². The predicted molar refractivity (Wildman–Crippen MR) is 216 cm³/mol. The lowest BCUT2D eigenvalue weighted by molar-refractivity contribution is -0.317. The van der Waals surface area contributed by atoms with Gasteiger partial charge in [0.25, 0.3) is 0 Å². The molecule has 1 unspecified atom stereocenters. The van der Waals surface area contributed by atoms with E-state index in [2.05, 4.69) is 5.16 Å². The SMILES string of the molecule is CC[C@H]1OC(=O)[C@H](C)[C@@H](O[C@H]2C[C@@](C)(OC)[C@@H](O)[C@H](C)O2)[C@H](C)[C@@H](O[C@@H]2O[C@H](C)C[C@H](N(C)C)[C@H]2O)C(C)(O)C[C@H](C)C(=NOc2ccccc2)[C@H](C)[C@@H](O)[C@]1(C)O. The number of aliphatic hydroxyl groups excluding tert-OH is 3. The molecule has 0 spiro atoms. The van der Waals surface area contributed by atoms with E-state index in [-0.39, 0.29) is 31.4 Å². The molecule has 3 heterocycles. The van der Waals surface area contributed by atoms with Crippen LogP contribution in [0.15, 0.2) is 35.5 Å². The van der Waals surface area contributed by atoms with Crippen molar-refractivity contribution in [3.8, 4) is 5.75 Å². The molecular formula is C43H72N2O13. The van der Waals surface area contributed by atoms with Gasteiger partial charge in [-0.05, 0) is 87.0 Å². The van der Waals surface area contributed by atoms with E-state index in [0.717, 1.165) is 0 Å². The molecule has 58 heavy (non-hydrogen) atoms. The number of para-hydroxylation sites is 1. The Kier molecular flexibility index (Phi) is 16.4. The molecule has 15 heteroatoms. The van der Waals surface area contributed by atoms with E-state index in [1.165, 1.54) is 14.0 Å². The van der Waals surface area contributed by atoms with Crippen LogP contribution in [0.2, 0.25) is 0 Å². The second-order valence-corrected chi connectivity index (χ2v) is 18.0. The number of cyclic esters (lactones) is 1. The van der Waals surface area contributed by atoms with Crippen LogP contribution in [0.4, 0.5) is 0 Å². The molecule has 0 amide bonds. The van der Waals surface area contributed by atoms with Crippen LogP contribution in [0.5, 0.6) is 5.75 Å². The summed E-state index contributed by atoms with van der Waals surface area (Å²) in [5.41, 5.74) is -4.43. The molecule has 0 saturated carbocycles. The molecule has 1 aromatic rings. The fourth-order valence-corrected chi connectivity index (χ4v) is 9.18. The zero-order chi connectivity index (χ0) is 43.5. The molecule has 1 aromatic carbocycles. The number of aliphatic hydroxyl groups is 5. The van der Waals surface area contributed by atoms with E-state index >= 15 is 0 Å². The molecule has 0 radical (unpaired) electrons. The van der Waals surface area contributed by atoms with Crippen molar-refractivity contribution >= 4 is 11.7 Å². The Morgan fingerprint density at radius 1 is 0.897 bits per heavy atom. The summed E-state index contributed by atoms with van der Waals surface area (Å²) < 4.78 is 37.8. The monoisotopic (exact) mass is 825 g/mol. The van der Waals surface area contributed by atoms with E-state index in [0.29, 0.717) is 17.9 Å². The fraction of sp³-hybridized carbons (Fsp3) is 0.814. The van der Waals surface area contributed by atoms with Gasteiger partial charge in [-0.15, -0.1) is 0 Å². The maximum atomic E-state index is 14.4. The highest BCUT2D eigenvalue weighted by atomic mass is 16.7. The molecule has 0 bridgehead atoms. The highest BCUT2D eigenvalue weighted by Crippen LogP contribution is 2.41. The van der Waals surface area contributed by atoms with Gasteiger partial charge in [-0.25, -0.2) is 0 Å². The predicted octanol–water partition coefficient (Wildman–Crippen LogP) is 3.65. The van der Waals surface area contributed by atoms with Crippen molar-refractivity contribution in [1.29, 1.82) is 0 Å². The highest BCUT2D eigenvalue weighted by Gasteiger charge is 2.53. The van der Waals surface area contributed by atoms with Crippen LogP contribution in [0.1, 0.15) is 94.9 Å². The minimum atomic E-state index is -1.95. The summed E-state index contributed by atoms with van der Waals surface area (Å²) in [5, 5.41) is 63.9. The smallest absolute Gasteiger partial charge is 0.311 e. The van der Waals surface area contributed by atoms with Gasteiger partial charge in [-0.2, -0.15) is 0 Å². The van der Waals surface area contributed by atoms with Gasteiger partial charge in [0.2, 0.25) is 0 Å². The Balaban J connectivity index is 1.89. The number of rotatable bonds is 9. The molecule has 3 aliphatic heterocycles. The van der Waals surface area contributed by atoms with Crippen molar-refractivity contribution in [2.75, 3.05) is 21.2 Å². The number of carbonyl (C=O) groups excluding carboxylic acids is 1. The second kappa shape index (κ2) is 19.6. The number of ether oxygens (including phenoxy) is 6. The Labute approximate surface area is 344 Å². The van der Waals surface area contributed by atoms with Gasteiger partial charge < -0.3 is 63.7 Å². The van der Waals surface area contributed by atoms with Crippen molar-refractivity contribution in [2.45, 2.75) is 179 Å². The second-order valence-electron chi connectivity index (χ2n) is 18.0. The third kappa shape index (κ3) is 10.8. The van der Waals surface area contributed by atoms with Gasteiger partial charge in [-0.1, -0.05) is 51.0 Å². The number of methoxy groups -OCH3 is 1. The summed E-state index contributed by atoms with van der Waals surface area (Å²) in [6.07, 6.45) is -9.37. The molecule has 0 aromatic heterocycles. The third-order valence-corrected chi connectivity index (χ3v) is 12.9. The van der Waals surface area contributed by atoms with Gasteiger partial charge in [0.05, 0.1) is 53.4 Å². The Bertz CT molecular complexity index is 1500. The number of esters is 1. The van der Waals surface area contributed by atoms with Crippen LogP contribution in [0.3, 0.4) is 0 Å². The zero-order valence-electron chi connectivity index (χ0n) is 36.8. The highest BCUT2D eigenvalue weighted by molar-refractivity contribution is 5.89. The van der Waals surface area contributed by atoms with E-state index in [9.17, 15) is 30.3 Å². The lowest BCUT2D eigenvalue weighted by atomic mass is 9.73. The molecule has 0 aliphatic carbocycles. The largest absolute Gasteiger partial charge is 0.459 e. The standard InChI is InChI=1S/C43H72N2O13/c1-14-31-43(10,51)36(47)25(4)33(44-58-29-18-16-15-17-19-29)23(2)21-41(8,50)38(57-40-34(46)30(45(11)12)20-24(3)53-40)26(5)35(27(6)39(49)55-31)56-32-22-42(9,52-13)37(48)28(7)54-32/h15-19,23-28,30-32,34-38,40,46-48,50-51H,14,20-22H2,1-13H3/t23-,24+,25-,26-,27+,28-,30-,31+,32-,34+,35-,36+,37-,38+,40-,41?,42+,43+/m0/s1. The Morgan fingerprint density at radius 2 is 1.53 bits per heavy atom. The van der Waals surface area contributed by atoms with Gasteiger partial charge in [0, 0.05) is 37.3 Å². The average molecular weight is 825 g/mol. The van der Waals surface area contributed by atoms with Crippen LogP contribution in [-0.4, -0.2) is 148 Å². The maximum absolute atomic E-state index is 14.4. The summed E-state index contributed by atoms with van der Waals surface area (Å²) in [4.78, 5) is 22.1. The lowest BCUT2D eigenvalue weighted by Gasteiger charge is -2.49. The number of oxime groups is 1. The Hall–Kier alpha value is -2.28. The summed E-state index contributed by atoms with van der Waals surface area (Å²) in [5.74, 6) is -3.64. The van der Waals surface area contributed by atoms with Gasteiger partial charge in [0.1, 0.15) is 23.9 Å². The molecule has 18 atom stereocenters. The van der Waals surface area contributed by atoms with Gasteiger partial charge >= 0.3 is 5.97 Å². The lowest BCUT2D eigenvalue weighted by Crippen LogP contribution is -2.61. The van der Waals surface area contributed by atoms with Crippen molar-refractivity contribution in [3.05, 3.63) is 30.3 Å². The van der Waals surface area contributed by atoms with E-state index < -0.39 is 102 Å². The number of benzene rings is 1. The van der Waals surface area contributed by atoms with E-state index in [1.54, 1.807) is 72.7 Å². The van der Waals surface area contributed by atoms with Crippen LogP contribution in [0.25, 0.3) is 0 Å². The Morgan fingerprint density at radius 3 is 2.12 bits per heavy atom. The molecule has 3 aliphatic rings. The zero-order valence-corrected chi connectivity index (χ0v) is 36.8. The third-order valence-electron chi connectivity index (χ3n) is 12.9. The van der Waals surface area contributed by atoms with E-state index in [1.807, 2.05) is 38.9 Å². The van der Waals surface area contributed by atoms with Crippen LogP contribution >= 0.6 is 0 Å². The summed E-state index contributed by atoms with van der Waals surface area (Å²) in [6.45, 7) is 17.1. The number of hydrogen-bond acceptors (Lipinski definition) is 15. The minimum absolute atomic E-state index is 0.0126. The summed E-state index contributed by atoms with van der Waals surface area (Å²) in [6, 6.07) is 8.57. The van der Waals surface area contributed by atoms with Crippen LogP contribution in [-0.2, 0) is 33.2 Å². The van der Waals surface area contributed by atoms with Crippen LogP contribution in [0, 0.1) is 23.7 Å². The number of likely N-dealkylation sites (N-methyl/N-ethyl adjacent to an activating group) is 1. The van der Waals surface area contributed by atoms with Gasteiger partial charge in [0.15, 0.2) is 18.3 Å². The normalized spacial score (nSPS) is 45.7. The number of carbonyl (C=O) groups is 1. The van der Waals surface area contributed by atoms with Crippen molar-refractivity contribution < 1.29 is 63.6 Å². The summed E-state index contributed by atoms with van der Waals surface area (Å²) in [7, 11) is 5.23. The molecule has 332 valence electrons. The molecule has 5 N–H and O–H groups in total.